The molecule has 0 unspecified atom stereocenters. The second-order valence-corrected chi connectivity index (χ2v) is 8.41. The van der Waals surface area contributed by atoms with E-state index in [0.717, 1.165) is 11.4 Å². The van der Waals surface area contributed by atoms with Crippen LogP contribution in [-0.4, -0.2) is 77.4 Å². The van der Waals surface area contributed by atoms with E-state index in [0.29, 0.717) is 26.2 Å². The van der Waals surface area contributed by atoms with Gasteiger partial charge in [-0.2, -0.15) is 0 Å². The number of nitrogen functional groups attached to an aromatic ring is 1. The summed E-state index contributed by atoms with van der Waals surface area (Å²) in [6.45, 7) is 7.88. The maximum absolute atomic E-state index is 13.1. The van der Waals surface area contributed by atoms with Gasteiger partial charge in [-0.15, -0.1) is 0 Å². The summed E-state index contributed by atoms with van der Waals surface area (Å²) in [7, 11) is 0. The van der Waals surface area contributed by atoms with Gasteiger partial charge < -0.3 is 25.4 Å². The molecule has 154 valence electrons. The van der Waals surface area contributed by atoms with E-state index in [1.807, 2.05) is 24.3 Å². The second-order valence-electron chi connectivity index (χ2n) is 8.41. The molecular formula is C20H30N4O4. The Morgan fingerprint density at radius 2 is 1.79 bits per heavy atom. The van der Waals surface area contributed by atoms with Crippen molar-refractivity contribution in [2.24, 2.45) is 0 Å². The smallest absolute Gasteiger partial charge is 0.411 e. The van der Waals surface area contributed by atoms with Crippen LogP contribution in [0.5, 0.6) is 0 Å². The average molecular weight is 390 g/mol. The Labute approximate surface area is 165 Å². The van der Waals surface area contributed by atoms with Crippen LogP contribution in [0.2, 0.25) is 0 Å². The predicted octanol–water partition coefficient (Wildman–Crippen LogP) is 1.29. The Kier molecular flexibility index (Phi) is 5.69. The number of amides is 2. The van der Waals surface area contributed by atoms with Crippen molar-refractivity contribution in [3.63, 3.8) is 0 Å². The summed E-state index contributed by atoms with van der Waals surface area (Å²) in [4.78, 5) is 30.8. The van der Waals surface area contributed by atoms with E-state index in [2.05, 4.69) is 4.90 Å². The van der Waals surface area contributed by atoms with Crippen molar-refractivity contribution in [2.75, 3.05) is 43.4 Å². The molecule has 2 heterocycles. The molecule has 1 aromatic carbocycles. The van der Waals surface area contributed by atoms with Gasteiger partial charge in [0.2, 0.25) is 5.91 Å². The second kappa shape index (κ2) is 7.87. The molecule has 0 saturated carbocycles. The molecule has 0 aromatic heterocycles. The zero-order valence-electron chi connectivity index (χ0n) is 16.8. The number of hydrogen-bond donors (Lipinski definition) is 2. The van der Waals surface area contributed by atoms with Crippen LogP contribution in [0.3, 0.4) is 0 Å². The number of rotatable bonds is 2. The first-order chi connectivity index (χ1) is 13.2. The highest BCUT2D eigenvalue weighted by Crippen LogP contribution is 2.26. The van der Waals surface area contributed by atoms with Crippen molar-refractivity contribution in [2.45, 2.75) is 44.9 Å². The normalized spacial score (nSPS) is 23.1. The number of hydrogen-bond acceptors (Lipinski definition) is 6. The SMILES string of the molecule is CC(C)(C)OC(=O)N1C[C@H](O)C[C@H]1C(=O)N1CCN(c2ccccc2N)CC1. The zero-order chi connectivity index (χ0) is 20.5. The number of nitrogens with zero attached hydrogens (tertiary/aromatic N) is 3. The van der Waals surface area contributed by atoms with Crippen LogP contribution in [0.4, 0.5) is 16.2 Å². The van der Waals surface area contributed by atoms with Crippen LogP contribution < -0.4 is 10.6 Å². The highest BCUT2D eigenvalue weighted by atomic mass is 16.6. The molecular weight excluding hydrogens is 360 g/mol. The predicted molar refractivity (Wildman–Crippen MR) is 107 cm³/mol. The van der Waals surface area contributed by atoms with E-state index in [1.165, 1.54) is 4.90 Å². The van der Waals surface area contributed by atoms with Gasteiger partial charge in [0.05, 0.1) is 24.0 Å². The number of aliphatic hydroxyl groups excluding tert-OH is 1. The fourth-order valence-corrected chi connectivity index (χ4v) is 3.72. The van der Waals surface area contributed by atoms with Crippen LogP contribution in [0.25, 0.3) is 0 Å². The monoisotopic (exact) mass is 390 g/mol. The Balaban J connectivity index is 1.63. The van der Waals surface area contributed by atoms with Gasteiger partial charge >= 0.3 is 6.09 Å². The number of anilines is 2. The van der Waals surface area contributed by atoms with Gasteiger partial charge in [-0.05, 0) is 32.9 Å². The minimum absolute atomic E-state index is 0.117. The van der Waals surface area contributed by atoms with Crippen molar-refractivity contribution < 1.29 is 19.4 Å². The lowest BCUT2D eigenvalue weighted by molar-refractivity contribution is -0.136. The molecule has 8 heteroatoms. The molecule has 2 aliphatic rings. The quantitative estimate of drug-likeness (QED) is 0.738. The lowest BCUT2D eigenvalue weighted by Gasteiger charge is -2.38. The van der Waals surface area contributed by atoms with Crippen molar-refractivity contribution in [1.29, 1.82) is 0 Å². The number of para-hydroxylation sites is 2. The van der Waals surface area contributed by atoms with Crippen LogP contribution in [0.1, 0.15) is 27.2 Å². The first kappa shape index (κ1) is 20.3. The molecule has 2 atom stereocenters. The molecule has 28 heavy (non-hydrogen) atoms. The van der Waals surface area contributed by atoms with E-state index in [9.17, 15) is 14.7 Å². The van der Waals surface area contributed by atoms with Crippen LogP contribution in [-0.2, 0) is 9.53 Å². The maximum Gasteiger partial charge on any atom is 0.411 e. The summed E-state index contributed by atoms with van der Waals surface area (Å²) < 4.78 is 5.41. The molecule has 0 radical (unpaired) electrons. The molecule has 2 fully saturated rings. The Bertz CT molecular complexity index is 725. The number of β-amino-alcohol motifs (C(OH)–C–C–N with tert-alkyl or cyclic N) is 1. The standard InChI is InChI=1S/C20H30N4O4/c1-20(2,3)28-19(27)24-13-14(25)12-17(24)18(26)23-10-8-22(9-11-23)16-7-5-4-6-15(16)21/h4-7,14,17,25H,8-13,21H2,1-3H3/t14-,17+/m1/s1. The Morgan fingerprint density at radius 3 is 2.39 bits per heavy atom. The topological polar surface area (TPSA) is 99.3 Å². The van der Waals surface area contributed by atoms with Gasteiger partial charge in [0.15, 0.2) is 0 Å². The molecule has 8 nitrogen and oxygen atoms in total. The summed E-state index contributed by atoms with van der Waals surface area (Å²) in [5.41, 5.74) is 7.09. The van der Waals surface area contributed by atoms with Crippen molar-refractivity contribution in [3.05, 3.63) is 24.3 Å². The molecule has 2 aliphatic heterocycles. The molecule has 3 rings (SSSR count). The van der Waals surface area contributed by atoms with E-state index < -0.39 is 23.8 Å². The number of benzene rings is 1. The number of carbonyl (C=O) groups is 2. The lowest BCUT2D eigenvalue weighted by atomic mass is 10.1. The summed E-state index contributed by atoms with van der Waals surface area (Å²) in [5, 5.41) is 10.0. The fourth-order valence-electron chi connectivity index (χ4n) is 3.72. The van der Waals surface area contributed by atoms with E-state index in [4.69, 9.17) is 10.5 Å². The number of aliphatic hydroxyl groups is 1. The zero-order valence-corrected chi connectivity index (χ0v) is 16.8. The maximum atomic E-state index is 13.1. The summed E-state index contributed by atoms with van der Waals surface area (Å²) in [5.74, 6) is -0.136. The molecule has 0 spiro atoms. The number of carbonyl (C=O) groups excluding carboxylic acids is 2. The lowest BCUT2D eigenvalue weighted by Crippen LogP contribution is -2.55. The van der Waals surface area contributed by atoms with Gasteiger partial charge in [-0.25, -0.2) is 4.79 Å². The van der Waals surface area contributed by atoms with Gasteiger partial charge in [0.1, 0.15) is 11.6 Å². The average Bonchev–Trinajstić information content (AvgIpc) is 3.02. The minimum Gasteiger partial charge on any atom is -0.444 e. The van der Waals surface area contributed by atoms with Crippen molar-refractivity contribution in [1.82, 2.24) is 9.80 Å². The molecule has 2 amide bonds. The largest absolute Gasteiger partial charge is 0.444 e. The van der Waals surface area contributed by atoms with E-state index in [1.54, 1.807) is 25.7 Å². The van der Waals surface area contributed by atoms with Gasteiger partial charge in [0, 0.05) is 32.6 Å². The molecule has 3 N–H and O–H groups in total. The molecule has 1 aromatic rings. The first-order valence-electron chi connectivity index (χ1n) is 9.71. The van der Waals surface area contributed by atoms with Crippen LogP contribution in [0.15, 0.2) is 24.3 Å². The van der Waals surface area contributed by atoms with Crippen molar-refractivity contribution in [3.8, 4) is 0 Å². The number of piperazine rings is 1. The molecule has 0 aliphatic carbocycles. The Hall–Kier alpha value is -2.48. The van der Waals surface area contributed by atoms with Crippen molar-refractivity contribution >= 4 is 23.4 Å². The van der Waals surface area contributed by atoms with Gasteiger partial charge in [-0.3, -0.25) is 9.69 Å². The van der Waals surface area contributed by atoms with E-state index in [-0.39, 0.29) is 18.9 Å². The summed E-state index contributed by atoms with van der Waals surface area (Å²) in [6.07, 6.45) is -1.03. The molecule has 0 bridgehead atoms. The molecule has 2 saturated heterocycles. The minimum atomic E-state index is -0.716. The highest BCUT2D eigenvalue weighted by Gasteiger charge is 2.43. The summed E-state index contributed by atoms with van der Waals surface area (Å²) in [6, 6.07) is 7.01. The van der Waals surface area contributed by atoms with Gasteiger partial charge in [-0.1, -0.05) is 12.1 Å². The van der Waals surface area contributed by atoms with Crippen LogP contribution in [0, 0.1) is 0 Å². The third-order valence-corrected chi connectivity index (χ3v) is 5.06. The fraction of sp³-hybridized carbons (Fsp3) is 0.600. The van der Waals surface area contributed by atoms with E-state index >= 15 is 0 Å². The third kappa shape index (κ3) is 4.49. The Morgan fingerprint density at radius 1 is 1.14 bits per heavy atom. The third-order valence-electron chi connectivity index (χ3n) is 5.06. The number of nitrogens with two attached hydrogens (primary N) is 1. The van der Waals surface area contributed by atoms with Gasteiger partial charge in [0.25, 0.3) is 0 Å². The van der Waals surface area contributed by atoms with Crippen LogP contribution >= 0.6 is 0 Å². The number of likely N-dealkylation sites (tertiary alicyclic amines) is 1. The highest BCUT2D eigenvalue weighted by molar-refractivity contribution is 5.87. The summed E-state index contributed by atoms with van der Waals surface area (Å²) >= 11 is 0. The first-order valence-corrected chi connectivity index (χ1v) is 9.71. The number of ether oxygens (including phenoxy) is 1.